The number of rotatable bonds is 4. The van der Waals surface area contributed by atoms with Crippen molar-refractivity contribution in [3.05, 3.63) is 58.1 Å². The van der Waals surface area contributed by atoms with Crippen LogP contribution in [-0.2, 0) is 0 Å². The number of amides is 1. The number of benzene rings is 2. The first-order chi connectivity index (χ1) is 10.0. The lowest BCUT2D eigenvalue weighted by Crippen LogP contribution is -2.15. The highest BCUT2D eigenvalue weighted by Gasteiger charge is 2.14. The summed E-state index contributed by atoms with van der Waals surface area (Å²) in [5.41, 5.74) is 0.796. The Morgan fingerprint density at radius 1 is 1.14 bits per heavy atom. The summed E-state index contributed by atoms with van der Waals surface area (Å²) in [5, 5.41) is 5.42. The molecular weight excluding hydrogens is 342 g/mol. The van der Waals surface area contributed by atoms with Gasteiger partial charge in [0.15, 0.2) is 0 Å². The van der Waals surface area contributed by atoms with Crippen molar-refractivity contribution in [1.82, 2.24) is 0 Å². The number of hydrogen-bond donors (Lipinski definition) is 2. The molecule has 0 saturated carbocycles. The van der Waals surface area contributed by atoms with Gasteiger partial charge < -0.3 is 10.6 Å². The lowest BCUT2D eigenvalue weighted by molar-refractivity contribution is 0.102. The van der Waals surface area contributed by atoms with E-state index in [1.807, 2.05) is 6.92 Å². The number of carbonyl (C=O) groups excluding carboxylic acids is 1. The normalized spacial score (nSPS) is 10.3. The van der Waals surface area contributed by atoms with Crippen LogP contribution in [0.5, 0.6) is 0 Å². The largest absolute Gasteiger partial charge is 0.385 e. The molecule has 6 heteroatoms. The van der Waals surface area contributed by atoms with E-state index < -0.39 is 17.5 Å². The average Bonchev–Trinajstić information content (AvgIpc) is 2.45. The van der Waals surface area contributed by atoms with Gasteiger partial charge in [0.05, 0.1) is 15.7 Å². The van der Waals surface area contributed by atoms with Crippen molar-refractivity contribution in [2.75, 3.05) is 17.2 Å². The zero-order valence-corrected chi connectivity index (χ0v) is 12.8. The zero-order valence-electron chi connectivity index (χ0n) is 11.2. The van der Waals surface area contributed by atoms with E-state index in [1.54, 1.807) is 24.3 Å². The maximum absolute atomic E-state index is 13.7. The van der Waals surface area contributed by atoms with E-state index in [0.717, 1.165) is 12.1 Å². The van der Waals surface area contributed by atoms with Crippen LogP contribution in [0.4, 0.5) is 20.2 Å². The zero-order chi connectivity index (χ0) is 15.4. The summed E-state index contributed by atoms with van der Waals surface area (Å²) < 4.78 is 27.2. The van der Waals surface area contributed by atoms with Gasteiger partial charge in [-0.1, -0.05) is 12.1 Å². The van der Waals surface area contributed by atoms with Gasteiger partial charge in [-0.2, -0.15) is 0 Å². The number of anilines is 2. The van der Waals surface area contributed by atoms with Gasteiger partial charge in [-0.25, -0.2) is 8.78 Å². The van der Waals surface area contributed by atoms with Gasteiger partial charge >= 0.3 is 0 Å². The Kier molecular flexibility index (Phi) is 4.90. The van der Waals surface area contributed by atoms with Crippen LogP contribution in [0, 0.1) is 11.6 Å². The Hall–Kier alpha value is -1.95. The smallest absolute Gasteiger partial charge is 0.257 e. The minimum absolute atomic E-state index is 0.00560. The number of halogens is 3. The maximum atomic E-state index is 13.7. The SMILES string of the molecule is CCNc1ccccc1C(=O)Nc1cc(F)c(Br)cc1F. The maximum Gasteiger partial charge on any atom is 0.257 e. The second-order valence-electron chi connectivity index (χ2n) is 4.28. The molecule has 3 nitrogen and oxygen atoms in total. The Balaban J connectivity index is 2.28. The van der Waals surface area contributed by atoms with Gasteiger partial charge in [0.1, 0.15) is 11.6 Å². The molecule has 0 radical (unpaired) electrons. The van der Waals surface area contributed by atoms with Gasteiger partial charge in [0.25, 0.3) is 5.91 Å². The molecule has 0 aliphatic rings. The highest BCUT2D eigenvalue weighted by Crippen LogP contribution is 2.24. The van der Waals surface area contributed by atoms with Gasteiger partial charge in [0.2, 0.25) is 0 Å². The molecule has 2 aromatic carbocycles. The first kappa shape index (κ1) is 15.4. The molecular formula is C15H13BrF2N2O. The Bertz CT molecular complexity index is 677. The standard InChI is InChI=1S/C15H13BrF2N2O/c1-2-19-13-6-4-3-5-9(13)15(21)20-14-8-11(17)10(16)7-12(14)18/h3-8,19H,2H2,1H3,(H,20,21). The van der Waals surface area contributed by atoms with E-state index in [4.69, 9.17) is 0 Å². The predicted octanol–water partition coefficient (Wildman–Crippen LogP) is 4.41. The van der Waals surface area contributed by atoms with Crippen LogP contribution < -0.4 is 10.6 Å². The van der Waals surface area contributed by atoms with Crippen LogP contribution in [0.2, 0.25) is 0 Å². The van der Waals surface area contributed by atoms with Crippen LogP contribution in [0.15, 0.2) is 40.9 Å². The molecule has 0 unspecified atom stereocenters. The van der Waals surface area contributed by atoms with Gasteiger partial charge in [-0.05, 0) is 41.1 Å². The van der Waals surface area contributed by atoms with Crippen molar-refractivity contribution >= 4 is 33.2 Å². The van der Waals surface area contributed by atoms with Gasteiger partial charge in [0, 0.05) is 18.3 Å². The number of para-hydroxylation sites is 1. The molecule has 0 aliphatic heterocycles. The van der Waals surface area contributed by atoms with Gasteiger partial charge in [-0.3, -0.25) is 4.79 Å². The quantitative estimate of drug-likeness (QED) is 0.798. The Morgan fingerprint density at radius 2 is 1.86 bits per heavy atom. The molecule has 0 heterocycles. The number of nitrogens with one attached hydrogen (secondary N) is 2. The fourth-order valence-electron chi connectivity index (χ4n) is 1.83. The van der Waals surface area contributed by atoms with E-state index in [2.05, 4.69) is 26.6 Å². The average molecular weight is 355 g/mol. The summed E-state index contributed by atoms with van der Waals surface area (Å²) in [7, 11) is 0. The lowest BCUT2D eigenvalue weighted by atomic mass is 10.1. The second-order valence-corrected chi connectivity index (χ2v) is 5.13. The Morgan fingerprint density at radius 3 is 2.57 bits per heavy atom. The molecule has 0 aliphatic carbocycles. The second kappa shape index (κ2) is 6.67. The van der Waals surface area contributed by atoms with E-state index in [-0.39, 0.29) is 10.2 Å². The van der Waals surface area contributed by atoms with Crippen LogP contribution in [0.3, 0.4) is 0 Å². The molecule has 0 aromatic heterocycles. The van der Waals surface area contributed by atoms with Crippen LogP contribution in [0.25, 0.3) is 0 Å². The first-order valence-corrected chi connectivity index (χ1v) is 7.11. The third kappa shape index (κ3) is 3.58. The minimum Gasteiger partial charge on any atom is -0.385 e. The van der Waals surface area contributed by atoms with E-state index >= 15 is 0 Å². The summed E-state index contributed by atoms with van der Waals surface area (Å²) >= 11 is 2.89. The van der Waals surface area contributed by atoms with E-state index in [9.17, 15) is 13.6 Å². The molecule has 21 heavy (non-hydrogen) atoms. The lowest BCUT2D eigenvalue weighted by Gasteiger charge is -2.11. The van der Waals surface area contributed by atoms with Crippen LogP contribution in [-0.4, -0.2) is 12.5 Å². The van der Waals surface area contributed by atoms with Crippen molar-refractivity contribution < 1.29 is 13.6 Å². The first-order valence-electron chi connectivity index (χ1n) is 6.31. The summed E-state index contributed by atoms with van der Waals surface area (Å²) in [6.07, 6.45) is 0. The van der Waals surface area contributed by atoms with E-state index in [0.29, 0.717) is 17.8 Å². The molecule has 0 atom stereocenters. The molecule has 0 saturated heterocycles. The molecule has 0 fully saturated rings. The monoisotopic (exact) mass is 354 g/mol. The van der Waals surface area contributed by atoms with E-state index in [1.165, 1.54) is 0 Å². The van der Waals surface area contributed by atoms with Crippen molar-refractivity contribution in [3.63, 3.8) is 0 Å². The van der Waals surface area contributed by atoms with Crippen molar-refractivity contribution in [2.45, 2.75) is 6.92 Å². The summed E-state index contributed by atoms with van der Waals surface area (Å²) in [4.78, 5) is 12.2. The van der Waals surface area contributed by atoms with Crippen molar-refractivity contribution in [1.29, 1.82) is 0 Å². The molecule has 110 valence electrons. The number of carbonyl (C=O) groups is 1. The fraction of sp³-hybridized carbons (Fsp3) is 0.133. The molecule has 0 bridgehead atoms. The fourth-order valence-corrected chi connectivity index (χ4v) is 2.15. The summed E-state index contributed by atoms with van der Waals surface area (Å²) in [6.45, 7) is 2.55. The van der Waals surface area contributed by atoms with Crippen LogP contribution >= 0.6 is 15.9 Å². The molecule has 2 rings (SSSR count). The summed E-state index contributed by atoms with van der Waals surface area (Å²) in [5.74, 6) is -1.86. The molecule has 0 spiro atoms. The third-order valence-electron chi connectivity index (χ3n) is 2.80. The topological polar surface area (TPSA) is 41.1 Å². The van der Waals surface area contributed by atoms with Crippen molar-refractivity contribution in [2.24, 2.45) is 0 Å². The molecule has 1 amide bonds. The highest BCUT2D eigenvalue weighted by molar-refractivity contribution is 9.10. The third-order valence-corrected chi connectivity index (χ3v) is 3.40. The minimum atomic E-state index is -0.711. The highest BCUT2D eigenvalue weighted by atomic mass is 79.9. The van der Waals surface area contributed by atoms with Crippen molar-refractivity contribution in [3.8, 4) is 0 Å². The Labute approximate surface area is 129 Å². The summed E-state index contributed by atoms with van der Waals surface area (Å²) in [6, 6.07) is 8.76. The van der Waals surface area contributed by atoms with Crippen LogP contribution in [0.1, 0.15) is 17.3 Å². The molecule has 2 N–H and O–H groups in total. The number of hydrogen-bond acceptors (Lipinski definition) is 2. The van der Waals surface area contributed by atoms with Gasteiger partial charge in [-0.15, -0.1) is 0 Å². The molecule has 2 aromatic rings. The predicted molar refractivity (Wildman–Crippen MR) is 82.6 cm³/mol.